The average molecular weight is 468 g/mol. The summed E-state index contributed by atoms with van der Waals surface area (Å²) in [6, 6.07) is 8.29. The van der Waals surface area contributed by atoms with E-state index in [0.717, 1.165) is 30.4 Å². The lowest BCUT2D eigenvalue weighted by molar-refractivity contribution is 0.283. The number of aromatic amines is 1. The van der Waals surface area contributed by atoms with Crippen molar-refractivity contribution in [1.29, 1.82) is 0 Å². The highest BCUT2D eigenvalue weighted by molar-refractivity contribution is 14.0. The van der Waals surface area contributed by atoms with Crippen LogP contribution in [-0.2, 0) is 6.54 Å². The van der Waals surface area contributed by atoms with Gasteiger partial charge in [0.2, 0.25) is 0 Å². The summed E-state index contributed by atoms with van der Waals surface area (Å²) in [6.07, 6.45) is 8.13. The lowest BCUT2D eigenvalue weighted by atomic mass is 9.83. The van der Waals surface area contributed by atoms with E-state index in [1.165, 1.54) is 44.0 Å². The fourth-order valence-electron chi connectivity index (χ4n) is 3.63. The zero-order chi connectivity index (χ0) is 17.5. The first-order valence-corrected chi connectivity index (χ1v) is 9.14. The van der Waals surface area contributed by atoms with Crippen molar-refractivity contribution >= 4 is 29.9 Å². The van der Waals surface area contributed by atoms with E-state index >= 15 is 0 Å². The van der Waals surface area contributed by atoms with Gasteiger partial charge in [-0.2, -0.15) is 5.10 Å². The van der Waals surface area contributed by atoms with Crippen LogP contribution in [0.25, 0.3) is 11.4 Å². The molecule has 0 radical (unpaired) electrons. The van der Waals surface area contributed by atoms with Crippen LogP contribution in [-0.4, -0.2) is 34.7 Å². The Hall–Kier alpha value is -1.64. The molecule has 7 heteroatoms. The highest BCUT2D eigenvalue weighted by Gasteiger charge is 2.31. The fourth-order valence-corrected chi connectivity index (χ4v) is 3.63. The van der Waals surface area contributed by atoms with Crippen LogP contribution in [0.2, 0.25) is 0 Å². The molecule has 3 rings (SSSR count). The summed E-state index contributed by atoms with van der Waals surface area (Å²) in [4.78, 5) is 8.57. The van der Waals surface area contributed by atoms with Crippen LogP contribution in [0, 0.1) is 5.41 Å². The maximum absolute atomic E-state index is 4.37. The maximum Gasteiger partial charge on any atom is 0.191 e. The van der Waals surface area contributed by atoms with Gasteiger partial charge in [-0.15, -0.1) is 24.0 Å². The fraction of sp³-hybridized carbons (Fsp3) is 0.526. The minimum atomic E-state index is 0. The van der Waals surface area contributed by atoms with Crippen LogP contribution in [0.3, 0.4) is 0 Å². The normalized spacial score (nSPS) is 16.2. The molecule has 3 N–H and O–H groups in total. The minimum Gasteiger partial charge on any atom is -0.356 e. The van der Waals surface area contributed by atoms with Crippen molar-refractivity contribution in [3.63, 3.8) is 0 Å². The Bertz CT molecular complexity index is 692. The van der Waals surface area contributed by atoms with Crippen LogP contribution in [0.5, 0.6) is 0 Å². The Morgan fingerprint density at radius 2 is 2.08 bits per heavy atom. The van der Waals surface area contributed by atoms with Crippen molar-refractivity contribution in [3.05, 3.63) is 36.2 Å². The van der Waals surface area contributed by atoms with Crippen LogP contribution >= 0.6 is 24.0 Å². The Morgan fingerprint density at radius 3 is 2.73 bits per heavy atom. The zero-order valence-electron chi connectivity index (χ0n) is 15.6. The lowest BCUT2D eigenvalue weighted by Crippen LogP contribution is -2.42. The molecule has 0 saturated heterocycles. The van der Waals surface area contributed by atoms with Gasteiger partial charge >= 0.3 is 0 Å². The molecule has 26 heavy (non-hydrogen) atoms. The summed E-state index contributed by atoms with van der Waals surface area (Å²) in [5, 5.41) is 13.8. The highest BCUT2D eigenvalue weighted by atomic mass is 127. The molecule has 1 heterocycles. The number of benzene rings is 1. The van der Waals surface area contributed by atoms with Crippen LogP contribution in [0.4, 0.5) is 0 Å². The topological polar surface area (TPSA) is 78.0 Å². The molecule has 0 bridgehead atoms. The quantitative estimate of drug-likeness (QED) is 0.343. The second kappa shape index (κ2) is 9.89. The first-order valence-electron chi connectivity index (χ1n) is 9.14. The number of halogens is 1. The highest BCUT2D eigenvalue weighted by Crippen LogP contribution is 2.40. The number of rotatable bonds is 6. The van der Waals surface area contributed by atoms with E-state index < -0.39 is 0 Å². The standard InChI is InChI=1S/C19H28N6.HI/c1-3-19(9-4-5-10-19)13-22-18(20-2)21-12-15-7-6-8-16(11-15)17-23-14-24-25-17;/h6-8,11,14H,3-5,9-10,12-13H2,1-2H3,(H2,20,21,22)(H,23,24,25);1H. The van der Waals surface area contributed by atoms with Crippen molar-refractivity contribution in [2.24, 2.45) is 10.4 Å². The molecule has 1 aromatic carbocycles. The van der Waals surface area contributed by atoms with Gasteiger partial charge in [0.25, 0.3) is 0 Å². The van der Waals surface area contributed by atoms with Crippen LogP contribution < -0.4 is 10.6 Å². The smallest absolute Gasteiger partial charge is 0.191 e. The van der Waals surface area contributed by atoms with Gasteiger partial charge in [-0.1, -0.05) is 38.0 Å². The lowest BCUT2D eigenvalue weighted by Gasteiger charge is -2.28. The van der Waals surface area contributed by atoms with Crippen molar-refractivity contribution < 1.29 is 0 Å². The molecule has 0 unspecified atom stereocenters. The van der Waals surface area contributed by atoms with E-state index in [0.29, 0.717) is 5.41 Å². The van der Waals surface area contributed by atoms with E-state index in [1.54, 1.807) is 0 Å². The first-order chi connectivity index (χ1) is 12.2. The Kier molecular flexibility index (Phi) is 7.86. The van der Waals surface area contributed by atoms with E-state index in [1.807, 2.05) is 19.2 Å². The van der Waals surface area contributed by atoms with E-state index in [4.69, 9.17) is 0 Å². The summed E-state index contributed by atoms with van der Waals surface area (Å²) in [5.74, 6) is 1.65. The summed E-state index contributed by atoms with van der Waals surface area (Å²) >= 11 is 0. The molecule has 1 saturated carbocycles. The van der Waals surface area contributed by atoms with Gasteiger partial charge in [0, 0.05) is 25.7 Å². The molecule has 0 atom stereocenters. The molecule has 0 aliphatic heterocycles. The Balaban J connectivity index is 0.00000243. The average Bonchev–Trinajstić information content (AvgIpc) is 3.35. The van der Waals surface area contributed by atoms with Gasteiger partial charge in [0.1, 0.15) is 6.33 Å². The minimum absolute atomic E-state index is 0. The zero-order valence-corrected chi connectivity index (χ0v) is 17.9. The number of guanidine groups is 1. The van der Waals surface area contributed by atoms with Gasteiger partial charge in [-0.3, -0.25) is 10.1 Å². The van der Waals surface area contributed by atoms with Crippen molar-refractivity contribution in [1.82, 2.24) is 25.8 Å². The Labute approximate surface area is 172 Å². The predicted octanol–water partition coefficient (Wildman–Crippen LogP) is 3.73. The Morgan fingerprint density at radius 1 is 1.27 bits per heavy atom. The number of aliphatic imine (C=N–C) groups is 1. The first kappa shape index (κ1) is 20.7. The van der Waals surface area contributed by atoms with Crippen molar-refractivity contribution in [2.45, 2.75) is 45.6 Å². The number of hydrogen-bond acceptors (Lipinski definition) is 3. The van der Waals surface area contributed by atoms with Crippen molar-refractivity contribution in [3.8, 4) is 11.4 Å². The van der Waals surface area contributed by atoms with Gasteiger partial charge in [-0.25, -0.2) is 4.98 Å². The molecule has 142 valence electrons. The number of H-pyrrole nitrogens is 1. The second-order valence-corrected chi connectivity index (χ2v) is 6.87. The number of hydrogen-bond donors (Lipinski definition) is 3. The third kappa shape index (κ3) is 5.18. The maximum atomic E-state index is 4.37. The van der Waals surface area contributed by atoms with Gasteiger partial charge in [0.05, 0.1) is 0 Å². The molecule has 0 spiro atoms. The van der Waals surface area contributed by atoms with Crippen LogP contribution in [0.15, 0.2) is 35.6 Å². The monoisotopic (exact) mass is 468 g/mol. The number of aromatic nitrogens is 3. The SMILES string of the molecule is CCC1(CNC(=NC)NCc2cccc(-c3ncn[nH]3)c2)CCCC1.I. The van der Waals surface area contributed by atoms with Crippen LogP contribution in [0.1, 0.15) is 44.6 Å². The number of nitrogens with one attached hydrogen (secondary N) is 3. The molecule has 6 nitrogen and oxygen atoms in total. The largest absolute Gasteiger partial charge is 0.356 e. The molecule has 1 aliphatic carbocycles. The predicted molar refractivity (Wildman–Crippen MR) is 117 cm³/mol. The second-order valence-electron chi connectivity index (χ2n) is 6.87. The van der Waals surface area contributed by atoms with Gasteiger partial charge in [-0.05, 0) is 36.3 Å². The van der Waals surface area contributed by atoms with Gasteiger partial charge < -0.3 is 10.6 Å². The molecular formula is C19H29IN6. The summed E-state index contributed by atoms with van der Waals surface area (Å²) in [5.41, 5.74) is 2.67. The molecule has 1 aromatic heterocycles. The molecule has 1 aliphatic rings. The molecular weight excluding hydrogens is 439 g/mol. The third-order valence-electron chi connectivity index (χ3n) is 5.34. The van der Waals surface area contributed by atoms with E-state index in [-0.39, 0.29) is 24.0 Å². The van der Waals surface area contributed by atoms with Crippen molar-refractivity contribution in [2.75, 3.05) is 13.6 Å². The molecule has 0 amide bonds. The third-order valence-corrected chi connectivity index (χ3v) is 5.34. The summed E-state index contributed by atoms with van der Waals surface area (Å²) in [7, 11) is 1.83. The van der Waals surface area contributed by atoms with E-state index in [9.17, 15) is 0 Å². The molecule has 2 aromatic rings. The van der Waals surface area contributed by atoms with Gasteiger partial charge in [0.15, 0.2) is 11.8 Å². The van der Waals surface area contributed by atoms with E-state index in [2.05, 4.69) is 49.9 Å². The molecule has 1 fully saturated rings. The number of nitrogens with zero attached hydrogens (tertiary/aromatic N) is 3. The summed E-state index contributed by atoms with van der Waals surface area (Å²) < 4.78 is 0. The summed E-state index contributed by atoms with van der Waals surface area (Å²) in [6.45, 7) is 4.03.